The molecule has 4 nitrogen and oxygen atoms in total. The van der Waals surface area contributed by atoms with E-state index in [0.29, 0.717) is 0 Å². The molecule has 0 aromatic carbocycles. The lowest BCUT2D eigenvalue weighted by Crippen LogP contribution is -2.54. The van der Waals surface area contributed by atoms with Gasteiger partial charge in [0.1, 0.15) is 0 Å². The predicted octanol–water partition coefficient (Wildman–Crippen LogP) is 0.625. The van der Waals surface area contributed by atoms with Crippen LogP contribution in [0.25, 0.3) is 0 Å². The highest BCUT2D eigenvalue weighted by molar-refractivity contribution is 4.89. The zero-order chi connectivity index (χ0) is 13.0. The fourth-order valence-corrected chi connectivity index (χ4v) is 3.07. The Hall–Kier alpha value is -0.160. The first-order valence-electron chi connectivity index (χ1n) is 7.28. The van der Waals surface area contributed by atoms with Crippen LogP contribution in [-0.2, 0) is 4.74 Å². The van der Waals surface area contributed by atoms with Crippen LogP contribution in [0.4, 0.5) is 0 Å². The lowest BCUT2D eigenvalue weighted by Gasteiger charge is -2.43. The second-order valence-corrected chi connectivity index (χ2v) is 6.47. The van der Waals surface area contributed by atoms with Crippen LogP contribution in [-0.4, -0.2) is 69.8 Å². The summed E-state index contributed by atoms with van der Waals surface area (Å²) in [6.45, 7) is 7.30. The molecule has 0 aromatic heterocycles. The van der Waals surface area contributed by atoms with Crippen LogP contribution in [0.5, 0.6) is 0 Å². The smallest absolute Gasteiger partial charge is 0.0569 e. The van der Waals surface area contributed by atoms with Crippen molar-refractivity contribution >= 4 is 0 Å². The molecule has 0 spiro atoms. The fourth-order valence-electron chi connectivity index (χ4n) is 3.07. The zero-order valence-electron chi connectivity index (χ0n) is 12.0. The molecule has 2 aliphatic rings. The van der Waals surface area contributed by atoms with Crippen molar-refractivity contribution in [2.45, 2.75) is 19.3 Å². The summed E-state index contributed by atoms with van der Waals surface area (Å²) < 4.78 is 5.32. The Balaban J connectivity index is 1.64. The third kappa shape index (κ3) is 3.67. The SMILES string of the molecule is CN1CCC(CCN(C)CC2(CN)COC2)CC1. The van der Waals surface area contributed by atoms with Crippen LogP contribution in [0, 0.1) is 11.3 Å². The second kappa shape index (κ2) is 6.33. The summed E-state index contributed by atoms with van der Waals surface area (Å²) in [4.78, 5) is 4.89. The first-order chi connectivity index (χ1) is 8.63. The highest BCUT2D eigenvalue weighted by Gasteiger charge is 2.38. The van der Waals surface area contributed by atoms with Gasteiger partial charge in [-0.25, -0.2) is 0 Å². The average Bonchev–Trinajstić information content (AvgIpc) is 2.33. The molecule has 106 valence electrons. The summed E-state index contributed by atoms with van der Waals surface area (Å²) in [5.74, 6) is 0.926. The maximum absolute atomic E-state index is 5.86. The Morgan fingerprint density at radius 1 is 1.33 bits per heavy atom. The number of piperidine rings is 1. The summed E-state index contributed by atoms with van der Waals surface area (Å²) in [5, 5.41) is 0. The molecule has 2 N–H and O–H groups in total. The quantitative estimate of drug-likeness (QED) is 0.756. The Morgan fingerprint density at radius 2 is 2.00 bits per heavy atom. The van der Waals surface area contributed by atoms with Gasteiger partial charge >= 0.3 is 0 Å². The minimum absolute atomic E-state index is 0.252. The molecule has 2 aliphatic heterocycles. The molecular formula is C14H29N3O. The van der Waals surface area contributed by atoms with Gasteiger partial charge in [0.25, 0.3) is 0 Å². The summed E-state index contributed by atoms with van der Waals surface area (Å²) in [6.07, 6.45) is 4.08. The molecule has 4 heteroatoms. The van der Waals surface area contributed by atoms with Gasteiger partial charge in [-0.2, -0.15) is 0 Å². The summed E-state index contributed by atoms with van der Waals surface area (Å²) in [5.41, 5.74) is 6.11. The van der Waals surface area contributed by atoms with Crippen molar-refractivity contribution in [3.8, 4) is 0 Å². The first kappa shape index (κ1) is 14.3. The van der Waals surface area contributed by atoms with E-state index in [1.165, 1.54) is 38.9 Å². The van der Waals surface area contributed by atoms with E-state index in [2.05, 4.69) is 23.9 Å². The molecular weight excluding hydrogens is 226 g/mol. The van der Waals surface area contributed by atoms with E-state index in [9.17, 15) is 0 Å². The Morgan fingerprint density at radius 3 is 2.50 bits per heavy atom. The summed E-state index contributed by atoms with van der Waals surface area (Å²) in [7, 11) is 4.45. The van der Waals surface area contributed by atoms with Gasteiger partial charge < -0.3 is 20.3 Å². The third-order valence-electron chi connectivity index (χ3n) is 4.61. The molecule has 2 saturated heterocycles. The van der Waals surface area contributed by atoms with Crippen LogP contribution in [0.3, 0.4) is 0 Å². The van der Waals surface area contributed by atoms with E-state index in [0.717, 1.165) is 32.2 Å². The maximum Gasteiger partial charge on any atom is 0.0569 e. The maximum atomic E-state index is 5.86. The van der Waals surface area contributed by atoms with Crippen molar-refractivity contribution in [2.24, 2.45) is 17.1 Å². The van der Waals surface area contributed by atoms with Crippen molar-refractivity contribution in [2.75, 3.05) is 60.0 Å². The molecule has 0 amide bonds. The van der Waals surface area contributed by atoms with Crippen molar-refractivity contribution in [1.82, 2.24) is 9.80 Å². The molecule has 2 rings (SSSR count). The van der Waals surface area contributed by atoms with Gasteiger partial charge in [0.2, 0.25) is 0 Å². The van der Waals surface area contributed by atoms with Crippen molar-refractivity contribution < 1.29 is 4.74 Å². The molecule has 0 aromatic rings. The van der Waals surface area contributed by atoms with E-state index in [-0.39, 0.29) is 5.41 Å². The summed E-state index contributed by atoms with van der Waals surface area (Å²) in [6, 6.07) is 0. The molecule has 0 unspecified atom stereocenters. The standard InChI is InChI=1S/C14H29N3O/c1-16-6-3-13(4-7-16)5-8-17(2)10-14(9-15)11-18-12-14/h13H,3-12,15H2,1-2H3. The minimum atomic E-state index is 0.252. The van der Waals surface area contributed by atoms with Gasteiger partial charge in [-0.3, -0.25) is 0 Å². The molecule has 2 heterocycles. The average molecular weight is 255 g/mol. The molecule has 0 atom stereocenters. The first-order valence-corrected chi connectivity index (χ1v) is 7.28. The lowest BCUT2D eigenvalue weighted by molar-refractivity contribution is -0.118. The highest BCUT2D eigenvalue weighted by atomic mass is 16.5. The molecule has 0 bridgehead atoms. The zero-order valence-corrected chi connectivity index (χ0v) is 12.0. The monoisotopic (exact) mass is 255 g/mol. The number of hydrogen-bond acceptors (Lipinski definition) is 4. The van der Waals surface area contributed by atoms with Gasteiger partial charge in [-0.05, 0) is 58.9 Å². The van der Waals surface area contributed by atoms with Crippen LogP contribution >= 0.6 is 0 Å². The van der Waals surface area contributed by atoms with Crippen LogP contribution in [0.1, 0.15) is 19.3 Å². The van der Waals surface area contributed by atoms with Crippen LogP contribution < -0.4 is 5.73 Å². The number of nitrogens with zero attached hydrogens (tertiary/aromatic N) is 2. The van der Waals surface area contributed by atoms with Gasteiger partial charge in [0, 0.05) is 18.5 Å². The molecule has 0 aliphatic carbocycles. The molecule has 0 saturated carbocycles. The third-order valence-corrected chi connectivity index (χ3v) is 4.61. The minimum Gasteiger partial charge on any atom is -0.380 e. The van der Waals surface area contributed by atoms with Crippen molar-refractivity contribution in [1.29, 1.82) is 0 Å². The summed E-state index contributed by atoms with van der Waals surface area (Å²) >= 11 is 0. The van der Waals surface area contributed by atoms with E-state index in [1.54, 1.807) is 0 Å². The van der Waals surface area contributed by atoms with Gasteiger partial charge in [0.05, 0.1) is 13.2 Å². The molecule has 0 radical (unpaired) electrons. The second-order valence-electron chi connectivity index (χ2n) is 6.47. The number of nitrogens with two attached hydrogens (primary N) is 1. The van der Waals surface area contributed by atoms with E-state index < -0.39 is 0 Å². The Kier molecular flexibility index (Phi) is 5.01. The molecule has 18 heavy (non-hydrogen) atoms. The number of likely N-dealkylation sites (tertiary alicyclic amines) is 1. The van der Waals surface area contributed by atoms with E-state index in [1.807, 2.05) is 0 Å². The van der Waals surface area contributed by atoms with Gasteiger partial charge in [0.15, 0.2) is 0 Å². The fraction of sp³-hybridized carbons (Fsp3) is 1.00. The number of rotatable bonds is 6. The largest absolute Gasteiger partial charge is 0.380 e. The Bertz CT molecular complexity index is 242. The van der Waals surface area contributed by atoms with Gasteiger partial charge in [-0.1, -0.05) is 0 Å². The van der Waals surface area contributed by atoms with E-state index >= 15 is 0 Å². The Labute approximate surface area is 111 Å². The van der Waals surface area contributed by atoms with Crippen LogP contribution in [0.15, 0.2) is 0 Å². The topological polar surface area (TPSA) is 41.7 Å². The lowest BCUT2D eigenvalue weighted by atomic mass is 9.85. The highest BCUT2D eigenvalue weighted by Crippen LogP contribution is 2.27. The van der Waals surface area contributed by atoms with Crippen LogP contribution in [0.2, 0.25) is 0 Å². The van der Waals surface area contributed by atoms with Gasteiger partial charge in [-0.15, -0.1) is 0 Å². The van der Waals surface area contributed by atoms with Crippen molar-refractivity contribution in [3.63, 3.8) is 0 Å². The predicted molar refractivity (Wildman–Crippen MR) is 74.6 cm³/mol. The number of hydrogen-bond donors (Lipinski definition) is 1. The molecule has 2 fully saturated rings. The van der Waals surface area contributed by atoms with E-state index in [4.69, 9.17) is 10.5 Å². The van der Waals surface area contributed by atoms with Crippen molar-refractivity contribution in [3.05, 3.63) is 0 Å². The normalized spacial score (nSPS) is 25.3. The number of ether oxygens (including phenoxy) is 1.